The number of rotatable bonds is 4. The number of aliphatic hydroxyl groups is 1. The molecule has 0 fully saturated rings. The van der Waals surface area contributed by atoms with Crippen molar-refractivity contribution < 1.29 is 5.11 Å². The van der Waals surface area contributed by atoms with Gasteiger partial charge in [-0.3, -0.25) is 0 Å². The molecule has 86 valence electrons. The number of nitrogens with zero attached hydrogens (tertiary/aromatic N) is 2. The van der Waals surface area contributed by atoms with Crippen LogP contribution in [0.2, 0.25) is 5.15 Å². The van der Waals surface area contributed by atoms with Crippen LogP contribution in [-0.4, -0.2) is 22.2 Å². The van der Waals surface area contributed by atoms with Gasteiger partial charge in [0, 0.05) is 6.04 Å². The highest BCUT2D eigenvalue weighted by molar-refractivity contribution is 6.29. The number of hydrogen-bond acceptors (Lipinski definition) is 4. The minimum absolute atomic E-state index is 0.0671. The molecule has 4 nitrogen and oxygen atoms in total. The van der Waals surface area contributed by atoms with Crippen LogP contribution in [0.3, 0.4) is 0 Å². The van der Waals surface area contributed by atoms with Crippen molar-refractivity contribution in [2.45, 2.75) is 32.4 Å². The predicted octanol–water partition coefficient (Wildman–Crippen LogP) is 2.18. The van der Waals surface area contributed by atoms with Gasteiger partial charge in [0.05, 0.1) is 17.7 Å². The Bertz CT molecular complexity index is 401. The molecule has 0 aliphatic carbocycles. The predicted molar refractivity (Wildman–Crippen MR) is 63.3 cm³/mol. The van der Waals surface area contributed by atoms with E-state index >= 15 is 0 Å². The van der Waals surface area contributed by atoms with Gasteiger partial charge in [-0.25, -0.2) is 4.98 Å². The van der Waals surface area contributed by atoms with Gasteiger partial charge in [0.2, 0.25) is 0 Å². The van der Waals surface area contributed by atoms with Crippen molar-refractivity contribution in [1.29, 1.82) is 5.26 Å². The van der Waals surface area contributed by atoms with Crippen LogP contribution in [-0.2, 0) is 0 Å². The molecule has 1 aromatic rings. The maximum atomic E-state index is 9.22. The van der Waals surface area contributed by atoms with E-state index in [1.807, 2.05) is 13.0 Å². The molecule has 5 heteroatoms. The Kier molecular flexibility index (Phi) is 4.53. The second-order valence-electron chi connectivity index (χ2n) is 3.81. The highest BCUT2D eigenvalue weighted by Crippen LogP contribution is 2.15. The summed E-state index contributed by atoms with van der Waals surface area (Å²) in [6.45, 7) is 3.66. The van der Waals surface area contributed by atoms with E-state index in [1.165, 1.54) is 6.07 Å². The summed E-state index contributed by atoms with van der Waals surface area (Å²) in [4.78, 5) is 4.05. The van der Waals surface area contributed by atoms with Crippen LogP contribution in [0.15, 0.2) is 12.1 Å². The van der Waals surface area contributed by atoms with Crippen LogP contribution in [0.5, 0.6) is 0 Å². The molecular weight excluding hydrogens is 226 g/mol. The summed E-state index contributed by atoms with van der Waals surface area (Å²) in [7, 11) is 0. The van der Waals surface area contributed by atoms with Gasteiger partial charge in [-0.2, -0.15) is 5.26 Å². The molecule has 2 N–H and O–H groups in total. The molecule has 2 atom stereocenters. The number of nitrogens with one attached hydrogen (secondary N) is 1. The second kappa shape index (κ2) is 5.69. The Labute approximate surface area is 99.9 Å². The van der Waals surface area contributed by atoms with Crippen molar-refractivity contribution in [3.8, 4) is 6.07 Å². The van der Waals surface area contributed by atoms with Gasteiger partial charge in [0.15, 0.2) is 0 Å². The number of hydrogen-bond donors (Lipinski definition) is 2. The Morgan fingerprint density at radius 2 is 2.25 bits per heavy atom. The third-order valence-corrected chi connectivity index (χ3v) is 2.21. The summed E-state index contributed by atoms with van der Waals surface area (Å²) < 4.78 is 0. The van der Waals surface area contributed by atoms with Gasteiger partial charge in [-0.15, -0.1) is 0 Å². The fourth-order valence-electron chi connectivity index (χ4n) is 1.46. The van der Waals surface area contributed by atoms with Gasteiger partial charge in [0.1, 0.15) is 11.0 Å². The molecule has 1 heterocycles. The molecule has 0 aliphatic heterocycles. The van der Waals surface area contributed by atoms with Crippen molar-refractivity contribution in [2.24, 2.45) is 0 Å². The maximum absolute atomic E-state index is 9.22. The smallest absolute Gasteiger partial charge is 0.132 e. The van der Waals surface area contributed by atoms with Gasteiger partial charge in [-0.1, -0.05) is 11.6 Å². The van der Waals surface area contributed by atoms with E-state index in [0.717, 1.165) is 0 Å². The van der Waals surface area contributed by atoms with Crippen LogP contribution >= 0.6 is 11.6 Å². The highest BCUT2D eigenvalue weighted by atomic mass is 35.5. The first-order valence-corrected chi connectivity index (χ1v) is 5.41. The minimum Gasteiger partial charge on any atom is -0.393 e. The number of aromatic nitrogens is 1. The Hall–Kier alpha value is -1.31. The first kappa shape index (κ1) is 12.8. The summed E-state index contributed by atoms with van der Waals surface area (Å²) >= 11 is 5.77. The lowest BCUT2D eigenvalue weighted by Gasteiger charge is -2.16. The molecule has 0 saturated carbocycles. The third-order valence-electron chi connectivity index (χ3n) is 2.01. The first-order chi connectivity index (χ1) is 7.51. The average molecular weight is 240 g/mol. The molecule has 16 heavy (non-hydrogen) atoms. The Morgan fingerprint density at radius 1 is 1.56 bits per heavy atom. The lowest BCUT2D eigenvalue weighted by molar-refractivity contribution is 0.179. The van der Waals surface area contributed by atoms with Crippen molar-refractivity contribution >= 4 is 17.4 Å². The number of anilines is 1. The molecule has 0 radical (unpaired) electrons. The van der Waals surface area contributed by atoms with E-state index in [1.54, 1.807) is 13.0 Å². The van der Waals surface area contributed by atoms with E-state index in [4.69, 9.17) is 16.9 Å². The number of pyridine rings is 1. The van der Waals surface area contributed by atoms with E-state index in [9.17, 15) is 5.11 Å². The zero-order valence-electron chi connectivity index (χ0n) is 9.24. The average Bonchev–Trinajstić information content (AvgIpc) is 2.14. The molecule has 0 aromatic carbocycles. The molecular formula is C11H14ClN3O. The van der Waals surface area contributed by atoms with E-state index in [0.29, 0.717) is 17.8 Å². The van der Waals surface area contributed by atoms with Crippen LogP contribution in [0.25, 0.3) is 0 Å². The fourth-order valence-corrected chi connectivity index (χ4v) is 1.67. The molecule has 0 aliphatic rings. The molecule has 1 aromatic heterocycles. The van der Waals surface area contributed by atoms with Crippen molar-refractivity contribution in [1.82, 2.24) is 4.98 Å². The van der Waals surface area contributed by atoms with E-state index in [2.05, 4.69) is 10.3 Å². The maximum Gasteiger partial charge on any atom is 0.132 e. The summed E-state index contributed by atoms with van der Waals surface area (Å²) in [6.07, 6.45) is 0.230. The molecule has 0 amide bonds. The molecule has 1 rings (SSSR count). The van der Waals surface area contributed by atoms with E-state index < -0.39 is 0 Å². The molecule has 2 unspecified atom stereocenters. The number of halogens is 1. The van der Waals surface area contributed by atoms with Gasteiger partial charge >= 0.3 is 0 Å². The summed E-state index contributed by atoms with van der Waals surface area (Å²) in [5, 5.41) is 21.3. The van der Waals surface area contributed by atoms with Crippen LogP contribution in [0.1, 0.15) is 25.8 Å². The minimum atomic E-state index is -0.378. The summed E-state index contributed by atoms with van der Waals surface area (Å²) in [5.41, 5.74) is 0.465. The Balaban J connectivity index is 2.74. The molecule has 0 bridgehead atoms. The summed E-state index contributed by atoms with van der Waals surface area (Å²) in [6, 6.07) is 5.21. The highest BCUT2D eigenvalue weighted by Gasteiger charge is 2.08. The van der Waals surface area contributed by atoms with Gasteiger partial charge in [-0.05, 0) is 32.4 Å². The SMILES string of the molecule is CC(O)CC(C)Nc1cc(C#N)cc(Cl)n1. The van der Waals surface area contributed by atoms with Gasteiger partial charge < -0.3 is 10.4 Å². The van der Waals surface area contributed by atoms with Crippen LogP contribution in [0.4, 0.5) is 5.82 Å². The quantitative estimate of drug-likeness (QED) is 0.791. The van der Waals surface area contributed by atoms with Crippen molar-refractivity contribution in [2.75, 3.05) is 5.32 Å². The van der Waals surface area contributed by atoms with Crippen molar-refractivity contribution in [3.05, 3.63) is 22.8 Å². The lowest BCUT2D eigenvalue weighted by atomic mass is 10.1. The normalized spacial score (nSPS) is 13.9. The van der Waals surface area contributed by atoms with Crippen LogP contribution < -0.4 is 5.32 Å². The largest absolute Gasteiger partial charge is 0.393 e. The monoisotopic (exact) mass is 239 g/mol. The number of nitriles is 1. The zero-order valence-corrected chi connectivity index (χ0v) is 9.99. The topological polar surface area (TPSA) is 68.9 Å². The molecule has 0 saturated heterocycles. The third kappa shape index (κ3) is 4.05. The van der Waals surface area contributed by atoms with Gasteiger partial charge in [0.25, 0.3) is 0 Å². The molecule has 0 spiro atoms. The fraction of sp³-hybridized carbons (Fsp3) is 0.455. The Morgan fingerprint density at radius 3 is 2.81 bits per heavy atom. The standard InChI is InChI=1S/C11H14ClN3O/c1-7(3-8(2)16)14-11-5-9(6-13)4-10(12)15-11/h4-5,7-8,16H,3H2,1-2H3,(H,14,15). The van der Waals surface area contributed by atoms with Crippen molar-refractivity contribution in [3.63, 3.8) is 0 Å². The van der Waals surface area contributed by atoms with Crippen LogP contribution in [0, 0.1) is 11.3 Å². The first-order valence-electron chi connectivity index (χ1n) is 5.03. The van der Waals surface area contributed by atoms with E-state index in [-0.39, 0.29) is 17.3 Å². The number of aliphatic hydroxyl groups excluding tert-OH is 1. The summed E-state index contributed by atoms with van der Waals surface area (Å²) in [5.74, 6) is 0.553. The zero-order chi connectivity index (χ0) is 12.1. The lowest BCUT2D eigenvalue weighted by Crippen LogP contribution is -2.21. The second-order valence-corrected chi connectivity index (χ2v) is 4.19.